The van der Waals surface area contributed by atoms with Crippen LogP contribution in [0.5, 0.6) is 0 Å². The average Bonchev–Trinajstić information content (AvgIpc) is 2.01. The van der Waals surface area contributed by atoms with E-state index >= 15 is 0 Å². The van der Waals surface area contributed by atoms with Crippen molar-refractivity contribution in [2.45, 2.75) is 33.7 Å². The zero-order valence-corrected chi connectivity index (χ0v) is 9.20. The van der Waals surface area contributed by atoms with Crippen LogP contribution in [0.15, 0.2) is 0 Å². The van der Waals surface area contributed by atoms with Gasteiger partial charge in [0.25, 0.3) is 0 Å². The summed E-state index contributed by atoms with van der Waals surface area (Å²) in [6.07, 6.45) is -2.08. The molecule has 0 saturated carbocycles. The van der Waals surface area contributed by atoms with E-state index in [9.17, 15) is 0 Å². The molecule has 1 N–H and O–H groups in total. The maximum Gasteiger partial charge on any atom is 0.249 e. The van der Waals surface area contributed by atoms with E-state index < -0.39 is 6.16 Å². The minimum Gasteiger partial charge on any atom is -0.565 e. The summed E-state index contributed by atoms with van der Waals surface area (Å²) in [7, 11) is 2.31. The summed E-state index contributed by atoms with van der Waals surface area (Å²) in [5.41, 5.74) is 0. The van der Waals surface area contributed by atoms with E-state index in [0.29, 0.717) is 0 Å². The van der Waals surface area contributed by atoms with Gasteiger partial charge in [0, 0.05) is 0 Å². The van der Waals surface area contributed by atoms with Crippen molar-refractivity contribution >= 4 is 6.16 Å². The van der Waals surface area contributed by atoms with Gasteiger partial charge in [-0.1, -0.05) is 0 Å². The zero-order valence-electron chi connectivity index (χ0n) is 9.20. The van der Waals surface area contributed by atoms with Gasteiger partial charge in [-0.05, 0) is 27.7 Å². The molecule has 0 bridgehead atoms. The maximum atomic E-state index is 8.44. The van der Waals surface area contributed by atoms with Gasteiger partial charge in [-0.25, -0.2) is 0 Å². The molecule has 0 amide bonds. The first-order valence-electron chi connectivity index (χ1n) is 4.54. The Kier molecular flexibility index (Phi) is 7.61. The van der Waals surface area contributed by atoms with Gasteiger partial charge in [-0.15, -0.1) is 0 Å². The van der Waals surface area contributed by atoms with Crippen LogP contribution in [0.25, 0.3) is 0 Å². The minimum atomic E-state index is -2.08. The van der Waals surface area contributed by atoms with Crippen LogP contribution < -0.4 is 5.11 Å². The number of nitrogens with zero attached hydrogens (tertiary/aromatic N) is 1. The Labute approximate surface area is 80.4 Å². The molecule has 4 heteroatoms. The molecule has 0 aromatic rings. The second-order valence-electron chi connectivity index (χ2n) is 3.47. The number of carbonyl (C=O) groups is 1. The largest absolute Gasteiger partial charge is 0.565 e. The normalized spacial score (nSPS) is 10.6. The molecule has 0 unspecified atom stereocenters. The van der Waals surface area contributed by atoms with E-state index in [1.165, 1.54) is 17.6 Å². The van der Waals surface area contributed by atoms with Gasteiger partial charge in [0.1, 0.15) is 0 Å². The molecule has 0 rings (SSSR count). The summed E-state index contributed by atoms with van der Waals surface area (Å²) in [5.74, 6) is 0. The van der Waals surface area contributed by atoms with Crippen LogP contribution in [-0.2, 0) is 0 Å². The Bertz CT molecular complexity index is 138. The van der Waals surface area contributed by atoms with Crippen LogP contribution in [0, 0.1) is 0 Å². The van der Waals surface area contributed by atoms with Crippen molar-refractivity contribution < 1.29 is 19.5 Å². The fraction of sp³-hybridized carbons (Fsp3) is 0.889. The summed E-state index contributed by atoms with van der Waals surface area (Å²) in [6, 6.07) is 0.764. The van der Waals surface area contributed by atoms with E-state index in [1.54, 1.807) is 0 Å². The van der Waals surface area contributed by atoms with Crippen LogP contribution in [0.2, 0.25) is 0 Å². The first-order chi connectivity index (χ1) is 5.80. The molecule has 0 saturated heterocycles. The number of quaternary nitrogens is 1. The molecule has 13 heavy (non-hydrogen) atoms. The smallest absolute Gasteiger partial charge is 0.249 e. The molecular formula is C9H21NO3. The topological polar surface area (TPSA) is 60.4 Å². The lowest BCUT2D eigenvalue weighted by atomic mass is 10.2. The maximum absolute atomic E-state index is 8.44. The lowest BCUT2D eigenvalue weighted by Gasteiger charge is -2.36. The monoisotopic (exact) mass is 191 g/mol. The second kappa shape index (κ2) is 6.71. The molecule has 0 aromatic carbocycles. The van der Waals surface area contributed by atoms with E-state index in [1.807, 2.05) is 0 Å². The molecule has 0 fully saturated rings. The van der Waals surface area contributed by atoms with Crippen LogP contribution in [-0.4, -0.2) is 41.9 Å². The van der Waals surface area contributed by atoms with Crippen LogP contribution in [0.1, 0.15) is 27.7 Å². The van der Waals surface area contributed by atoms with Gasteiger partial charge < -0.3 is 19.5 Å². The highest BCUT2D eigenvalue weighted by Gasteiger charge is 2.19. The summed E-state index contributed by atoms with van der Waals surface area (Å²) < 4.78 is 1.19. The standard InChI is InChI=1S/C8H20N.CH2O3/c1-6-9(5,7-2)8(3)4;2-1(3)4/h8H,6-7H2,1-5H3;(H2,2,3,4)/q+1;/p-1. The van der Waals surface area contributed by atoms with Gasteiger partial charge >= 0.3 is 0 Å². The Balaban J connectivity index is 0. The molecule has 4 nitrogen and oxygen atoms in total. The van der Waals surface area contributed by atoms with Gasteiger partial charge in [0.2, 0.25) is 6.16 Å². The lowest BCUT2D eigenvalue weighted by molar-refractivity contribution is -0.926. The Morgan fingerprint density at radius 3 is 1.62 bits per heavy atom. The van der Waals surface area contributed by atoms with Crippen LogP contribution >= 0.6 is 0 Å². The van der Waals surface area contributed by atoms with Crippen LogP contribution in [0.4, 0.5) is 4.79 Å². The zero-order chi connectivity index (χ0) is 11.1. The molecule has 0 aromatic heterocycles. The van der Waals surface area contributed by atoms with E-state index in [4.69, 9.17) is 15.0 Å². The molecule has 0 aliphatic carbocycles. The van der Waals surface area contributed by atoms with Gasteiger partial charge in [-0.2, -0.15) is 0 Å². The van der Waals surface area contributed by atoms with Gasteiger partial charge in [-0.3, -0.25) is 0 Å². The number of carboxylic acid groups (broad SMARTS) is 2. The summed E-state index contributed by atoms with van der Waals surface area (Å²) in [6.45, 7) is 11.6. The Morgan fingerprint density at radius 2 is 1.62 bits per heavy atom. The van der Waals surface area contributed by atoms with Crippen molar-refractivity contribution in [2.75, 3.05) is 20.1 Å². The van der Waals surface area contributed by atoms with E-state index in [-0.39, 0.29) is 0 Å². The van der Waals surface area contributed by atoms with Crippen molar-refractivity contribution in [1.82, 2.24) is 0 Å². The lowest BCUT2D eigenvalue weighted by Crippen LogP contribution is -2.49. The van der Waals surface area contributed by atoms with Gasteiger partial charge in [0.15, 0.2) is 0 Å². The predicted octanol–water partition coefficient (Wildman–Crippen LogP) is 0.769. The van der Waals surface area contributed by atoms with Crippen molar-refractivity contribution in [3.8, 4) is 0 Å². The second-order valence-corrected chi connectivity index (χ2v) is 3.47. The van der Waals surface area contributed by atoms with Crippen molar-refractivity contribution in [3.05, 3.63) is 0 Å². The predicted molar refractivity (Wildman–Crippen MR) is 50.4 cm³/mol. The summed E-state index contributed by atoms with van der Waals surface area (Å²) >= 11 is 0. The fourth-order valence-electron chi connectivity index (χ4n) is 0.954. The van der Waals surface area contributed by atoms with Crippen molar-refractivity contribution in [1.29, 1.82) is 0 Å². The molecule has 0 spiro atoms. The highest BCUT2D eigenvalue weighted by molar-refractivity contribution is 5.50. The van der Waals surface area contributed by atoms with Crippen molar-refractivity contribution in [3.63, 3.8) is 0 Å². The molecule has 80 valence electrons. The molecule has 0 aliphatic heterocycles. The quantitative estimate of drug-likeness (QED) is 0.670. The summed E-state index contributed by atoms with van der Waals surface area (Å²) in [5, 5.41) is 15.3. The third-order valence-corrected chi connectivity index (χ3v) is 2.69. The highest BCUT2D eigenvalue weighted by atomic mass is 16.6. The third-order valence-electron chi connectivity index (χ3n) is 2.69. The molecule has 0 aliphatic rings. The Hall–Kier alpha value is -0.770. The number of hydrogen-bond acceptors (Lipinski definition) is 2. The first kappa shape index (κ1) is 14.7. The number of hydrogen-bond donors (Lipinski definition) is 1. The molecular weight excluding hydrogens is 170 g/mol. The highest BCUT2D eigenvalue weighted by Crippen LogP contribution is 2.07. The average molecular weight is 191 g/mol. The summed E-state index contributed by atoms with van der Waals surface area (Å²) in [4.78, 5) is 8.44. The minimum absolute atomic E-state index is 0.764. The van der Waals surface area contributed by atoms with Crippen LogP contribution in [0.3, 0.4) is 0 Å². The molecule has 0 radical (unpaired) electrons. The van der Waals surface area contributed by atoms with E-state index in [2.05, 4.69) is 34.7 Å². The van der Waals surface area contributed by atoms with Crippen molar-refractivity contribution in [2.24, 2.45) is 0 Å². The first-order valence-corrected chi connectivity index (χ1v) is 4.54. The molecule has 0 heterocycles. The third kappa shape index (κ3) is 7.59. The fourth-order valence-corrected chi connectivity index (χ4v) is 0.954. The SMILES string of the molecule is CC[N+](C)(CC)C(C)C.O=C([O-])O. The van der Waals surface area contributed by atoms with Gasteiger partial charge in [0.05, 0.1) is 26.2 Å². The Morgan fingerprint density at radius 1 is 1.38 bits per heavy atom. The number of rotatable bonds is 3. The molecule has 0 atom stereocenters. The van der Waals surface area contributed by atoms with E-state index in [0.717, 1.165) is 6.04 Å².